The molecule has 2 N–H and O–H groups in total. The molecule has 2 aromatic heterocycles. The van der Waals surface area contributed by atoms with Crippen LogP contribution >= 0.6 is 0 Å². The molecule has 0 spiro atoms. The van der Waals surface area contributed by atoms with Gasteiger partial charge in [-0.25, -0.2) is 14.0 Å². The lowest BCUT2D eigenvalue weighted by molar-refractivity contribution is -0.366. The van der Waals surface area contributed by atoms with Gasteiger partial charge in [-0.2, -0.15) is 31.4 Å². The third-order valence-corrected chi connectivity index (χ3v) is 8.08. The molecule has 4 saturated carbocycles. The normalized spacial score (nSPS) is 27.5. The fraction of sp³-hybridized carbons (Fsp3) is 0.571. The van der Waals surface area contributed by atoms with Crippen molar-refractivity contribution in [3.05, 3.63) is 35.3 Å². The molecule has 6 rings (SSSR count). The smallest absolute Gasteiger partial charge is 0.320 e. The van der Waals surface area contributed by atoms with Gasteiger partial charge in [0.15, 0.2) is 0 Å². The predicted octanol–water partition coefficient (Wildman–Crippen LogP) is 5.19. The Morgan fingerprint density at radius 2 is 1.86 bits per heavy atom. The lowest BCUT2D eigenvalue weighted by Gasteiger charge is -2.70. The third kappa shape index (κ3) is 3.99. The summed E-state index contributed by atoms with van der Waals surface area (Å²) in [4.78, 5) is 17.0. The van der Waals surface area contributed by atoms with E-state index < -0.39 is 56.0 Å². The van der Waals surface area contributed by atoms with Crippen LogP contribution in [-0.2, 0) is 22.5 Å². The number of hydrogen-bond donors (Lipinski definition) is 2. The van der Waals surface area contributed by atoms with Crippen molar-refractivity contribution in [3.63, 3.8) is 0 Å². The highest BCUT2D eigenvalue weighted by Gasteiger charge is 2.78. The largest absolute Gasteiger partial charge is 0.420 e. The fourth-order valence-electron chi connectivity index (χ4n) is 5.42. The summed E-state index contributed by atoms with van der Waals surface area (Å²) in [6.07, 6.45) is -6.65. The fourth-order valence-corrected chi connectivity index (χ4v) is 6.04. The van der Waals surface area contributed by atoms with Crippen LogP contribution in [0.15, 0.2) is 23.4 Å². The second kappa shape index (κ2) is 7.20. The highest BCUT2D eigenvalue weighted by molar-refractivity contribution is 7.91. The standard InChI is InChI=1S/C21H21F6N5O2S/c1-35(28,34)13-6-12(4-5-29-13)30-17(33)16-14(20(22,23)24)15(11-2-3-11)31-32(16)10-18-7-19(8-18,9-18)21(25,26)27/h4-6,11,28H,2-3,7-10H2,1H3,(H,29,30,33)/t18?,19?,35-/m0/s1. The second-order valence-corrected chi connectivity index (χ2v) is 12.1. The number of pyridine rings is 1. The van der Waals surface area contributed by atoms with E-state index in [4.69, 9.17) is 4.78 Å². The number of anilines is 1. The molecule has 2 bridgehead atoms. The van der Waals surface area contributed by atoms with Gasteiger partial charge in [-0.05, 0) is 49.7 Å². The van der Waals surface area contributed by atoms with Gasteiger partial charge < -0.3 is 5.32 Å². The van der Waals surface area contributed by atoms with Gasteiger partial charge in [0.25, 0.3) is 5.91 Å². The first kappa shape index (κ1) is 24.1. The highest BCUT2D eigenvalue weighted by atomic mass is 32.2. The molecular formula is C21H21F6N5O2S. The van der Waals surface area contributed by atoms with E-state index in [0.29, 0.717) is 12.8 Å². The van der Waals surface area contributed by atoms with Gasteiger partial charge in [0.1, 0.15) is 16.3 Å². The van der Waals surface area contributed by atoms with Gasteiger partial charge in [0.05, 0.1) is 20.8 Å². The van der Waals surface area contributed by atoms with Gasteiger partial charge in [-0.15, -0.1) is 0 Å². The van der Waals surface area contributed by atoms with Crippen molar-refractivity contribution in [2.75, 3.05) is 11.6 Å². The topological polar surface area (TPSA) is 101 Å². The molecule has 0 aliphatic heterocycles. The first-order valence-corrected chi connectivity index (χ1v) is 12.8. The van der Waals surface area contributed by atoms with Crippen molar-refractivity contribution >= 4 is 21.3 Å². The molecule has 0 radical (unpaired) electrons. The average Bonchev–Trinajstić information content (AvgIpc) is 3.41. The van der Waals surface area contributed by atoms with Crippen LogP contribution in [0.4, 0.5) is 32.0 Å². The molecule has 4 aliphatic rings. The predicted molar refractivity (Wildman–Crippen MR) is 111 cm³/mol. The van der Waals surface area contributed by atoms with E-state index in [2.05, 4.69) is 15.4 Å². The van der Waals surface area contributed by atoms with E-state index in [-0.39, 0.29) is 42.2 Å². The van der Waals surface area contributed by atoms with Gasteiger partial charge in [-0.3, -0.25) is 9.48 Å². The number of aromatic nitrogens is 3. The van der Waals surface area contributed by atoms with Crippen molar-refractivity contribution in [2.45, 2.75) is 61.9 Å². The van der Waals surface area contributed by atoms with Crippen LogP contribution in [0.25, 0.3) is 0 Å². The number of hydrogen-bond acceptors (Lipinski definition) is 5. The Balaban J connectivity index is 1.50. The first-order valence-electron chi connectivity index (χ1n) is 10.8. The van der Waals surface area contributed by atoms with E-state index >= 15 is 0 Å². The van der Waals surface area contributed by atoms with E-state index in [1.807, 2.05) is 0 Å². The summed E-state index contributed by atoms with van der Waals surface area (Å²) >= 11 is 0. The number of nitrogens with zero attached hydrogens (tertiary/aromatic N) is 3. The van der Waals surface area contributed by atoms with E-state index in [1.165, 1.54) is 12.3 Å². The number of nitrogens with one attached hydrogen (secondary N) is 2. The molecule has 0 saturated heterocycles. The molecule has 2 heterocycles. The van der Waals surface area contributed by atoms with Crippen LogP contribution in [0.2, 0.25) is 0 Å². The Hall–Kier alpha value is -2.64. The lowest BCUT2D eigenvalue weighted by Crippen LogP contribution is -2.69. The molecule has 35 heavy (non-hydrogen) atoms. The molecule has 4 aliphatic carbocycles. The minimum atomic E-state index is -4.90. The summed E-state index contributed by atoms with van der Waals surface area (Å²) in [6.45, 7) is -0.222. The number of rotatable bonds is 6. The molecule has 4 fully saturated rings. The maximum atomic E-state index is 14.1. The van der Waals surface area contributed by atoms with Crippen molar-refractivity contribution in [3.8, 4) is 0 Å². The first-order chi connectivity index (χ1) is 16.0. The van der Waals surface area contributed by atoms with Crippen molar-refractivity contribution in [2.24, 2.45) is 10.8 Å². The summed E-state index contributed by atoms with van der Waals surface area (Å²) in [5.41, 5.74) is -4.85. The lowest BCUT2D eigenvalue weighted by atomic mass is 9.35. The Bertz CT molecular complexity index is 1310. The molecule has 14 heteroatoms. The zero-order valence-corrected chi connectivity index (χ0v) is 19.2. The van der Waals surface area contributed by atoms with E-state index in [0.717, 1.165) is 17.0 Å². The van der Waals surface area contributed by atoms with E-state index in [1.54, 1.807) is 0 Å². The zero-order valence-electron chi connectivity index (χ0n) is 18.4. The Labute approximate surface area is 196 Å². The number of alkyl halides is 6. The van der Waals surface area contributed by atoms with Crippen LogP contribution in [0.5, 0.6) is 0 Å². The number of carbonyl (C=O) groups is 1. The molecule has 0 aromatic carbocycles. The zero-order chi connectivity index (χ0) is 25.6. The van der Waals surface area contributed by atoms with Crippen LogP contribution < -0.4 is 5.32 Å². The summed E-state index contributed by atoms with van der Waals surface area (Å²) in [6, 6.07) is 2.41. The van der Waals surface area contributed by atoms with Gasteiger partial charge in [0, 0.05) is 30.6 Å². The molecule has 7 nitrogen and oxygen atoms in total. The molecule has 0 unspecified atom stereocenters. The van der Waals surface area contributed by atoms with E-state index in [9.17, 15) is 35.3 Å². The van der Waals surface area contributed by atoms with Crippen LogP contribution in [-0.4, -0.2) is 37.3 Å². The van der Waals surface area contributed by atoms with Gasteiger partial charge in [0.2, 0.25) is 0 Å². The number of amides is 1. The summed E-state index contributed by atoms with van der Waals surface area (Å²) in [5, 5.41) is 6.27. The minimum Gasteiger partial charge on any atom is -0.320 e. The number of halogens is 6. The molecule has 2 aromatic rings. The third-order valence-electron chi connectivity index (χ3n) is 7.06. The molecular weight excluding hydrogens is 500 g/mol. The Kier molecular flexibility index (Phi) is 4.95. The summed E-state index contributed by atoms with van der Waals surface area (Å²) in [5.74, 6) is -1.60. The Morgan fingerprint density at radius 1 is 1.23 bits per heavy atom. The van der Waals surface area contributed by atoms with Crippen molar-refractivity contribution in [1.82, 2.24) is 14.8 Å². The Morgan fingerprint density at radius 3 is 2.37 bits per heavy atom. The average molecular weight is 521 g/mol. The minimum absolute atomic E-state index is 0.0165. The van der Waals surface area contributed by atoms with Crippen molar-refractivity contribution < 1.29 is 35.3 Å². The summed E-state index contributed by atoms with van der Waals surface area (Å²) in [7, 11) is -3.25. The molecule has 190 valence electrons. The second-order valence-electron chi connectivity index (χ2n) is 10.0. The van der Waals surface area contributed by atoms with Gasteiger partial charge in [-0.1, -0.05) is 0 Å². The summed E-state index contributed by atoms with van der Waals surface area (Å²) < 4.78 is 103. The highest BCUT2D eigenvalue weighted by Crippen LogP contribution is 2.79. The van der Waals surface area contributed by atoms with Crippen LogP contribution in [0.3, 0.4) is 0 Å². The molecule has 1 amide bonds. The quantitative estimate of drug-likeness (QED) is 0.511. The maximum Gasteiger partial charge on any atom is 0.420 e. The molecule has 1 atom stereocenters. The monoisotopic (exact) mass is 521 g/mol. The maximum absolute atomic E-state index is 14.1. The van der Waals surface area contributed by atoms with Crippen LogP contribution in [0.1, 0.15) is 59.8 Å². The number of carbonyl (C=O) groups excluding carboxylic acids is 1. The van der Waals surface area contributed by atoms with Crippen LogP contribution in [0, 0.1) is 15.6 Å². The SMILES string of the molecule is C[S@](=N)(=O)c1cc(NC(=O)c2c(C(F)(F)F)c(C3CC3)nn2CC23CC(C(F)(F)F)(C2)C3)ccn1. The van der Waals surface area contributed by atoms with Crippen molar-refractivity contribution in [1.29, 1.82) is 4.78 Å². The van der Waals surface area contributed by atoms with Gasteiger partial charge >= 0.3 is 12.4 Å².